The van der Waals surface area contributed by atoms with Gasteiger partial charge in [-0.3, -0.25) is 4.79 Å². The second kappa shape index (κ2) is 7.84. The molecule has 0 aliphatic rings. The lowest BCUT2D eigenvalue weighted by molar-refractivity contribution is 0.102. The van der Waals surface area contributed by atoms with Crippen molar-refractivity contribution in [2.24, 2.45) is 0 Å². The molecule has 0 spiro atoms. The summed E-state index contributed by atoms with van der Waals surface area (Å²) in [6.07, 6.45) is 1.42. The first-order valence-corrected chi connectivity index (χ1v) is 9.92. The van der Waals surface area contributed by atoms with Gasteiger partial charge in [0.05, 0.1) is 11.4 Å². The number of aromatic nitrogens is 4. The van der Waals surface area contributed by atoms with E-state index in [0.717, 1.165) is 16.7 Å². The van der Waals surface area contributed by atoms with Gasteiger partial charge in [-0.15, -0.1) is 14.8 Å². The normalized spacial score (nSPS) is 10.9. The van der Waals surface area contributed by atoms with Gasteiger partial charge in [-0.25, -0.2) is 4.98 Å². The summed E-state index contributed by atoms with van der Waals surface area (Å²) in [5.41, 5.74) is 6.62. The largest absolute Gasteiger partial charge is 0.319 e. The Hall–Kier alpha value is -4.32. The predicted octanol–water partition coefficient (Wildman–Crippen LogP) is 5.02. The van der Waals surface area contributed by atoms with Crippen LogP contribution in [-0.2, 0) is 0 Å². The summed E-state index contributed by atoms with van der Waals surface area (Å²) in [6.45, 7) is 2.06. The van der Waals surface area contributed by atoms with Crippen LogP contribution >= 0.6 is 0 Å². The second-order valence-electron chi connectivity index (χ2n) is 7.28. The Labute approximate surface area is 179 Å². The van der Waals surface area contributed by atoms with Gasteiger partial charge >= 0.3 is 0 Å². The van der Waals surface area contributed by atoms with Crippen LogP contribution in [0.5, 0.6) is 0 Å². The summed E-state index contributed by atoms with van der Waals surface area (Å²) in [6, 6.07) is 27.4. The number of rotatable bonds is 4. The van der Waals surface area contributed by atoms with Crippen LogP contribution in [0, 0.1) is 6.92 Å². The van der Waals surface area contributed by atoms with Crippen molar-refractivity contribution in [1.29, 1.82) is 0 Å². The zero-order valence-electron chi connectivity index (χ0n) is 16.9. The number of amides is 1. The van der Waals surface area contributed by atoms with E-state index in [-0.39, 0.29) is 5.91 Å². The molecule has 0 aliphatic heterocycles. The molecular formula is C25H19N5O. The maximum atomic E-state index is 12.9. The molecule has 0 radical (unpaired) electrons. The van der Waals surface area contributed by atoms with Gasteiger partial charge in [-0.05, 0) is 36.2 Å². The molecule has 0 unspecified atom stereocenters. The van der Waals surface area contributed by atoms with Gasteiger partial charge in [0, 0.05) is 11.1 Å². The average molecular weight is 405 g/mol. The van der Waals surface area contributed by atoms with E-state index in [9.17, 15) is 4.79 Å². The molecule has 1 N–H and O–H groups in total. The Morgan fingerprint density at radius 3 is 2.23 bits per heavy atom. The lowest BCUT2D eigenvalue weighted by Gasteiger charge is -2.09. The van der Waals surface area contributed by atoms with Crippen LogP contribution in [0.3, 0.4) is 0 Å². The van der Waals surface area contributed by atoms with E-state index in [1.54, 1.807) is 0 Å². The van der Waals surface area contributed by atoms with E-state index in [4.69, 9.17) is 0 Å². The maximum absolute atomic E-state index is 12.9. The summed E-state index contributed by atoms with van der Waals surface area (Å²) in [7, 11) is 0. The van der Waals surface area contributed by atoms with Crippen LogP contribution in [0.1, 0.15) is 15.9 Å². The van der Waals surface area contributed by atoms with E-state index in [1.165, 1.54) is 16.5 Å². The number of carbonyl (C=O) groups excluding carboxylic acids is 1. The molecule has 0 saturated heterocycles. The van der Waals surface area contributed by atoms with Crippen LogP contribution in [0.15, 0.2) is 91.3 Å². The predicted molar refractivity (Wildman–Crippen MR) is 121 cm³/mol. The average Bonchev–Trinajstić information content (AvgIpc) is 3.29. The van der Waals surface area contributed by atoms with Gasteiger partial charge in [0.1, 0.15) is 6.33 Å². The Balaban J connectivity index is 1.43. The molecule has 2 aromatic heterocycles. The van der Waals surface area contributed by atoms with Gasteiger partial charge in [-0.1, -0.05) is 72.3 Å². The van der Waals surface area contributed by atoms with Gasteiger partial charge in [0.25, 0.3) is 5.91 Å². The quantitative estimate of drug-likeness (QED) is 0.456. The third-order valence-electron chi connectivity index (χ3n) is 5.10. The minimum Gasteiger partial charge on any atom is -0.319 e. The molecule has 1 amide bonds. The van der Waals surface area contributed by atoms with Crippen molar-refractivity contribution >= 4 is 17.2 Å². The fourth-order valence-corrected chi connectivity index (χ4v) is 3.41. The van der Waals surface area contributed by atoms with Crippen molar-refractivity contribution in [3.05, 3.63) is 102 Å². The summed E-state index contributed by atoms with van der Waals surface area (Å²) in [5, 5.41) is 11.6. The van der Waals surface area contributed by atoms with E-state index >= 15 is 0 Å². The number of nitrogens with one attached hydrogen (secondary N) is 1. The maximum Gasteiger partial charge on any atom is 0.255 e. The van der Waals surface area contributed by atoms with E-state index < -0.39 is 0 Å². The van der Waals surface area contributed by atoms with Crippen molar-refractivity contribution in [3.63, 3.8) is 0 Å². The number of hydrogen-bond acceptors (Lipinski definition) is 4. The third kappa shape index (κ3) is 3.79. The standard InChI is InChI=1S/C25H19N5O/c1-17-7-9-18(10-8-17)19-11-13-21(14-12-19)25(31)28-23-15-22(20-5-3-2-4-6-20)29-30-24(23)26-16-27-30/h2-16H,1H3,(H,28,31). The Bertz CT molecular complexity index is 1360. The van der Waals surface area contributed by atoms with Crippen LogP contribution in [0.25, 0.3) is 28.0 Å². The highest BCUT2D eigenvalue weighted by molar-refractivity contribution is 6.06. The fourth-order valence-electron chi connectivity index (χ4n) is 3.41. The van der Waals surface area contributed by atoms with E-state index in [1.807, 2.05) is 60.7 Å². The van der Waals surface area contributed by atoms with Crippen LogP contribution in [-0.4, -0.2) is 25.7 Å². The SMILES string of the molecule is Cc1ccc(-c2ccc(C(=O)Nc3cc(-c4ccccc4)nn4ncnc34)cc2)cc1. The lowest BCUT2D eigenvalue weighted by atomic mass is 10.0. The minimum atomic E-state index is -0.217. The minimum absolute atomic E-state index is 0.217. The summed E-state index contributed by atoms with van der Waals surface area (Å²) in [5.74, 6) is -0.217. The van der Waals surface area contributed by atoms with Crippen LogP contribution in [0.2, 0.25) is 0 Å². The van der Waals surface area contributed by atoms with Crippen molar-refractivity contribution < 1.29 is 4.79 Å². The molecule has 31 heavy (non-hydrogen) atoms. The number of aryl methyl sites for hydroxylation is 1. The number of benzene rings is 3. The molecule has 2 heterocycles. The highest BCUT2D eigenvalue weighted by atomic mass is 16.1. The highest BCUT2D eigenvalue weighted by Crippen LogP contribution is 2.24. The van der Waals surface area contributed by atoms with Gasteiger partial charge in [-0.2, -0.15) is 0 Å². The third-order valence-corrected chi connectivity index (χ3v) is 5.10. The zero-order valence-corrected chi connectivity index (χ0v) is 16.9. The molecule has 6 heteroatoms. The summed E-state index contributed by atoms with van der Waals surface area (Å²) in [4.78, 5) is 17.2. The first kappa shape index (κ1) is 18.7. The van der Waals surface area contributed by atoms with Gasteiger partial charge in [0.15, 0.2) is 5.65 Å². The zero-order chi connectivity index (χ0) is 21.2. The Kier molecular flexibility index (Phi) is 4.72. The van der Waals surface area contributed by atoms with Gasteiger partial charge < -0.3 is 5.32 Å². The number of nitrogens with zero attached hydrogens (tertiary/aromatic N) is 4. The lowest BCUT2D eigenvalue weighted by Crippen LogP contribution is -2.13. The first-order valence-electron chi connectivity index (χ1n) is 9.92. The first-order chi connectivity index (χ1) is 15.2. The Morgan fingerprint density at radius 1 is 0.839 bits per heavy atom. The number of hydrogen-bond donors (Lipinski definition) is 1. The van der Waals surface area contributed by atoms with Gasteiger partial charge in [0.2, 0.25) is 0 Å². The number of carbonyl (C=O) groups is 1. The van der Waals surface area contributed by atoms with Crippen molar-refractivity contribution in [2.75, 3.05) is 5.32 Å². The van der Waals surface area contributed by atoms with Crippen molar-refractivity contribution in [2.45, 2.75) is 6.92 Å². The molecule has 150 valence electrons. The molecule has 0 aliphatic carbocycles. The molecular weight excluding hydrogens is 386 g/mol. The van der Waals surface area contributed by atoms with Crippen LogP contribution < -0.4 is 5.32 Å². The molecule has 6 nitrogen and oxygen atoms in total. The molecule has 0 fully saturated rings. The molecule has 0 bridgehead atoms. The molecule has 5 rings (SSSR count). The van der Waals surface area contributed by atoms with E-state index in [0.29, 0.717) is 22.6 Å². The summed E-state index contributed by atoms with van der Waals surface area (Å²) >= 11 is 0. The number of anilines is 1. The fraction of sp³-hybridized carbons (Fsp3) is 0.0400. The Morgan fingerprint density at radius 2 is 1.52 bits per heavy atom. The number of fused-ring (bicyclic) bond motifs is 1. The van der Waals surface area contributed by atoms with Crippen molar-refractivity contribution in [1.82, 2.24) is 19.8 Å². The highest BCUT2D eigenvalue weighted by Gasteiger charge is 2.14. The second-order valence-corrected chi connectivity index (χ2v) is 7.28. The van der Waals surface area contributed by atoms with Crippen LogP contribution in [0.4, 0.5) is 5.69 Å². The van der Waals surface area contributed by atoms with Crippen molar-refractivity contribution in [3.8, 4) is 22.4 Å². The topological polar surface area (TPSA) is 72.2 Å². The molecule has 5 aromatic rings. The monoisotopic (exact) mass is 405 g/mol. The van der Waals surface area contributed by atoms with E-state index in [2.05, 4.69) is 51.7 Å². The summed E-state index contributed by atoms with van der Waals surface area (Å²) < 4.78 is 1.43. The molecule has 0 atom stereocenters. The molecule has 3 aromatic carbocycles. The smallest absolute Gasteiger partial charge is 0.255 e. The molecule has 0 saturated carbocycles.